The third-order valence-corrected chi connectivity index (χ3v) is 7.39. The van der Waals surface area contributed by atoms with Gasteiger partial charge in [0.05, 0.1) is 22.2 Å². The second kappa shape index (κ2) is 13.5. The molecule has 4 rings (SSSR count). The van der Waals surface area contributed by atoms with E-state index in [1.807, 2.05) is 0 Å². The third-order valence-electron chi connectivity index (χ3n) is 7.39. The molecule has 3 aromatic rings. The van der Waals surface area contributed by atoms with E-state index in [2.05, 4.69) is 20.6 Å². The summed E-state index contributed by atoms with van der Waals surface area (Å²) in [7, 11) is 0. The van der Waals surface area contributed by atoms with Crippen molar-refractivity contribution in [2.45, 2.75) is 64.5 Å². The number of aromatic amines is 1. The standard InChI is InChI=1S/C31H35FN6O5/c1-31(2,3)43-30(40)35-17-19-8-10-20(11-9-19)29(39)37-25(15-22-6-4-5-7-27(22)38(41)42)28-34-18-26(36-28)21-12-13-23(16-33)24(32)14-21/h4-7,12-14,18-20,25H,8-11,15,17H2,1-3H3,(H,34,36)(H,35,40)(H,37,39)/t19-,20-,25-/m0/s1. The van der Waals surface area contributed by atoms with Crippen LogP contribution in [0.25, 0.3) is 11.3 Å². The average molecular weight is 591 g/mol. The van der Waals surface area contributed by atoms with Gasteiger partial charge in [-0.05, 0) is 64.5 Å². The molecule has 0 bridgehead atoms. The van der Waals surface area contributed by atoms with E-state index in [1.165, 1.54) is 18.2 Å². The number of ether oxygens (including phenoxy) is 1. The average Bonchev–Trinajstić information content (AvgIpc) is 3.46. The summed E-state index contributed by atoms with van der Waals surface area (Å²) in [5, 5.41) is 26.6. The number of nitrogens with zero attached hydrogens (tertiary/aromatic N) is 3. The van der Waals surface area contributed by atoms with Crippen LogP contribution in [-0.4, -0.2) is 39.0 Å². The molecule has 1 atom stereocenters. The van der Waals surface area contributed by atoms with Gasteiger partial charge in [-0.25, -0.2) is 14.2 Å². The first-order valence-corrected chi connectivity index (χ1v) is 14.2. The molecular weight excluding hydrogens is 555 g/mol. The van der Waals surface area contributed by atoms with Crippen molar-refractivity contribution in [1.82, 2.24) is 20.6 Å². The highest BCUT2D eigenvalue weighted by Gasteiger charge is 2.30. The minimum Gasteiger partial charge on any atom is -0.444 e. The molecule has 0 radical (unpaired) electrons. The van der Waals surface area contributed by atoms with E-state index in [4.69, 9.17) is 10.00 Å². The number of alkyl carbamates (subject to hydrolysis) is 1. The molecule has 226 valence electrons. The number of halogens is 1. The molecule has 0 unspecified atom stereocenters. The predicted molar refractivity (Wildman–Crippen MR) is 156 cm³/mol. The zero-order chi connectivity index (χ0) is 31.1. The number of carbonyl (C=O) groups is 2. The van der Waals surface area contributed by atoms with E-state index >= 15 is 0 Å². The number of nitro groups is 1. The molecule has 0 saturated heterocycles. The number of amides is 2. The second-order valence-corrected chi connectivity index (χ2v) is 11.7. The van der Waals surface area contributed by atoms with Crippen molar-refractivity contribution in [3.8, 4) is 17.3 Å². The number of nitro benzene ring substituents is 1. The van der Waals surface area contributed by atoms with Crippen molar-refractivity contribution < 1.29 is 23.6 Å². The van der Waals surface area contributed by atoms with Crippen LogP contribution in [0.15, 0.2) is 48.7 Å². The van der Waals surface area contributed by atoms with E-state index in [9.17, 15) is 24.1 Å². The molecule has 0 aliphatic heterocycles. The fourth-order valence-electron chi connectivity index (χ4n) is 5.19. The third kappa shape index (κ3) is 8.38. The Morgan fingerprint density at radius 3 is 2.58 bits per heavy atom. The summed E-state index contributed by atoms with van der Waals surface area (Å²) in [4.78, 5) is 44.3. The molecule has 1 saturated carbocycles. The van der Waals surface area contributed by atoms with E-state index in [1.54, 1.807) is 57.3 Å². The molecule has 1 aliphatic carbocycles. The summed E-state index contributed by atoms with van der Waals surface area (Å²) >= 11 is 0. The Bertz CT molecular complexity index is 1520. The van der Waals surface area contributed by atoms with Crippen LogP contribution in [0, 0.1) is 39.1 Å². The Morgan fingerprint density at radius 2 is 1.93 bits per heavy atom. The van der Waals surface area contributed by atoms with Gasteiger partial charge >= 0.3 is 6.09 Å². The smallest absolute Gasteiger partial charge is 0.407 e. The van der Waals surface area contributed by atoms with Crippen LogP contribution in [0.1, 0.15) is 69.4 Å². The van der Waals surface area contributed by atoms with Gasteiger partial charge in [0.1, 0.15) is 23.3 Å². The molecule has 1 heterocycles. The number of para-hydroxylation sites is 1. The molecule has 1 aromatic heterocycles. The van der Waals surface area contributed by atoms with Crippen LogP contribution in [0.5, 0.6) is 0 Å². The Labute approximate surface area is 249 Å². The summed E-state index contributed by atoms with van der Waals surface area (Å²) in [5.41, 5.74) is 0.532. The van der Waals surface area contributed by atoms with Crippen LogP contribution < -0.4 is 10.6 Å². The number of rotatable bonds is 9. The van der Waals surface area contributed by atoms with Crippen molar-refractivity contribution >= 4 is 17.7 Å². The lowest BCUT2D eigenvalue weighted by Gasteiger charge is -2.29. The number of hydrogen-bond acceptors (Lipinski definition) is 7. The molecule has 0 spiro atoms. The maximum absolute atomic E-state index is 14.3. The van der Waals surface area contributed by atoms with Gasteiger partial charge in [-0.2, -0.15) is 5.26 Å². The highest BCUT2D eigenvalue weighted by atomic mass is 19.1. The largest absolute Gasteiger partial charge is 0.444 e. The zero-order valence-electron chi connectivity index (χ0n) is 24.4. The van der Waals surface area contributed by atoms with Crippen LogP contribution >= 0.6 is 0 Å². The molecule has 2 aromatic carbocycles. The number of carbonyl (C=O) groups excluding carboxylic acids is 2. The number of nitriles is 1. The molecule has 2 amide bonds. The number of hydrogen-bond donors (Lipinski definition) is 3. The molecule has 12 heteroatoms. The Balaban J connectivity index is 1.47. The first-order valence-electron chi connectivity index (χ1n) is 14.2. The predicted octanol–water partition coefficient (Wildman–Crippen LogP) is 5.73. The number of aromatic nitrogens is 2. The van der Waals surface area contributed by atoms with Gasteiger partial charge in [-0.1, -0.05) is 24.3 Å². The fraction of sp³-hybridized carbons (Fsp3) is 0.419. The number of H-pyrrole nitrogens is 1. The van der Waals surface area contributed by atoms with Gasteiger partial charge < -0.3 is 20.4 Å². The van der Waals surface area contributed by atoms with Gasteiger partial charge in [-0.15, -0.1) is 0 Å². The van der Waals surface area contributed by atoms with Gasteiger partial charge in [0.15, 0.2) is 0 Å². The maximum Gasteiger partial charge on any atom is 0.407 e. The van der Waals surface area contributed by atoms with Crippen molar-refractivity contribution in [3.05, 3.63) is 81.5 Å². The SMILES string of the molecule is CC(C)(C)OC(=O)NC[C@H]1CC[C@H](C(=O)N[C@@H](Cc2ccccc2[N+](=O)[O-])c2nc(-c3ccc(C#N)c(F)c3)c[nH]2)CC1. The fourth-order valence-corrected chi connectivity index (χ4v) is 5.19. The van der Waals surface area contributed by atoms with Gasteiger partial charge in [0.25, 0.3) is 5.69 Å². The first kappa shape index (κ1) is 31.2. The van der Waals surface area contributed by atoms with Crippen molar-refractivity contribution in [1.29, 1.82) is 5.26 Å². The Hall–Kier alpha value is -4.79. The van der Waals surface area contributed by atoms with Crippen molar-refractivity contribution in [2.24, 2.45) is 11.8 Å². The molecule has 3 N–H and O–H groups in total. The van der Waals surface area contributed by atoms with E-state index in [0.29, 0.717) is 42.0 Å². The number of benzene rings is 2. The van der Waals surface area contributed by atoms with Crippen LogP contribution in [-0.2, 0) is 16.0 Å². The minimum absolute atomic E-state index is 0.0688. The number of imidazole rings is 1. The van der Waals surface area contributed by atoms with E-state index in [0.717, 1.165) is 12.8 Å². The van der Waals surface area contributed by atoms with Gasteiger partial charge in [0.2, 0.25) is 5.91 Å². The van der Waals surface area contributed by atoms with Crippen molar-refractivity contribution in [3.63, 3.8) is 0 Å². The summed E-state index contributed by atoms with van der Waals surface area (Å²) in [5.74, 6) is -0.551. The van der Waals surface area contributed by atoms with Crippen LogP contribution in [0.2, 0.25) is 0 Å². The summed E-state index contributed by atoms with van der Waals surface area (Å²) in [6, 6.07) is 11.5. The van der Waals surface area contributed by atoms with E-state index < -0.39 is 28.5 Å². The Kier molecular flexibility index (Phi) is 9.75. The quantitative estimate of drug-likeness (QED) is 0.212. The van der Waals surface area contributed by atoms with Gasteiger partial charge in [0, 0.05) is 42.3 Å². The molecule has 1 fully saturated rings. The second-order valence-electron chi connectivity index (χ2n) is 11.7. The normalized spacial score (nSPS) is 17.4. The first-order chi connectivity index (χ1) is 20.4. The zero-order valence-corrected chi connectivity index (χ0v) is 24.4. The topological polar surface area (TPSA) is 163 Å². The maximum atomic E-state index is 14.3. The lowest BCUT2D eigenvalue weighted by atomic mass is 9.81. The van der Waals surface area contributed by atoms with Crippen LogP contribution in [0.4, 0.5) is 14.9 Å². The van der Waals surface area contributed by atoms with Gasteiger partial charge in [-0.3, -0.25) is 14.9 Å². The summed E-state index contributed by atoms with van der Waals surface area (Å²) in [6.45, 7) is 5.87. The molecule has 1 aliphatic rings. The summed E-state index contributed by atoms with van der Waals surface area (Å²) < 4.78 is 19.6. The highest BCUT2D eigenvalue weighted by molar-refractivity contribution is 5.79. The number of nitrogens with one attached hydrogen (secondary N) is 3. The summed E-state index contributed by atoms with van der Waals surface area (Å²) in [6.07, 6.45) is 3.95. The lowest BCUT2D eigenvalue weighted by Crippen LogP contribution is -2.39. The van der Waals surface area contributed by atoms with Crippen molar-refractivity contribution in [2.75, 3.05) is 6.54 Å². The van der Waals surface area contributed by atoms with E-state index in [-0.39, 0.29) is 35.4 Å². The Morgan fingerprint density at radius 1 is 1.21 bits per heavy atom. The lowest BCUT2D eigenvalue weighted by molar-refractivity contribution is -0.385. The minimum atomic E-state index is -0.725. The van der Waals surface area contributed by atoms with Crippen LogP contribution in [0.3, 0.4) is 0 Å². The molecule has 43 heavy (non-hydrogen) atoms. The molecule has 11 nitrogen and oxygen atoms in total. The highest BCUT2D eigenvalue weighted by Crippen LogP contribution is 2.31. The monoisotopic (exact) mass is 590 g/mol. The molecular formula is C31H35FN6O5.